The zero-order valence-corrected chi connectivity index (χ0v) is 16.5. The Kier molecular flexibility index (Phi) is 4.60. The molecule has 0 N–H and O–H groups in total. The van der Waals surface area contributed by atoms with Crippen LogP contribution in [0.3, 0.4) is 0 Å². The fourth-order valence-corrected chi connectivity index (χ4v) is 4.50. The van der Waals surface area contributed by atoms with Crippen molar-refractivity contribution >= 4 is 11.0 Å². The van der Waals surface area contributed by atoms with Crippen LogP contribution in [0, 0.1) is 11.8 Å². The van der Waals surface area contributed by atoms with Gasteiger partial charge in [0, 0.05) is 0 Å². The highest BCUT2D eigenvalue weighted by atomic mass is 15.2. The molecule has 1 fully saturated rings. The summed E-state index contributed by atoms with van der Waals surface area (Å²) in [7, 11) is 0. The zero-order valence-electron chi connectivity index (χ0n) is 16.5. The van der Waals surface area contributed by atoms with Crippen molar-refractivity contribution in [2.75, 3.05) is 0 Å². The maximum absolute atomic E-state index is 2.54. The molecule has 2 aromatic carbocycles. The summed E-state index contributed by atoms with van der Waals surface area (Å²) in [5.74, 6) is 2.22. The average molecular weight is 348 g/mol. The van der Waals surface area contributed by atoms with E-state index in [4.69, 9.17) is 0 Å². The molecule has 2 nitrogen and oxygen atoms in total. The molecule has 2 unspecified atom stereocenters. The van der Waals surface area contributed by atoms with Crippen LogP contribution >= 0.6 is 0 Å². The number of aromatic nitrogens is 2. The van der Waals surface area contributed by atoms with Gasteiger partial charge in [-0.1, -0.05) is 52.0 Å². The summed E-state index contributed by atoms with van der Waals surface area (Å²) in [6.45, 7) is 9.24. The number of benzene rings is 2. The highest BCUT2D eigenvalue weighted by molar-refractivity contribution is 5.74. The van der Waals surface area contributed by atoms with Gasteiger partial charge in [-0.15, -0.1) is 0 Å². The number of hydrogen-bond donors (Lipinski definition) is 0. The molecule has 136 valence electrons. The zero-order chi connectivity index (χ0) is 18.3. The van der Waals surface area contributed by atoms with Crippen LogP contribution in [0.4, 0.5) is 0 Å². The van der Waals surface area contributed by atoms with Crippen LogP contribution in [-0.2, 0) is 0 Å². The summed E-state index contributed by atoms with van der Waals surface area (Å²) in [5, 5.41) is 0. The summed E-state index contributed by atoms with van der Waals surface area (Å²) in [6, 6.07) is 18.5. The van der Waals surface area contributed by atoms with Gasteiger partial charge in [0.15, 0.2) is 11.0 Å². The van der Waals surface area contributed by atoms with E-state index in [1.165, 1.54) is 41.5 Å². The summed E-state index contributed by atoms with van der Waals surface area (Å²) >= 11 is 0. The third kappa shape index (κ3) is 3.06. The summed E-state index contributed by atoms with van der Waals surface area (Å²) in [6.07, 6.45) is 6.30. The molecule has 26 heavy (non-hydrogen) atoms. The van der Waals surface area contributed by atoms with Crippen LogP contribution in [0.2, 0.25) is 0 Å². The van der Waals surface area contributed by atoms with Crippen LogP contribution < -0.4 is 4.57 Å². The van der Waals surface area contributed by atoms with E-state index in [9.17, 15) is 0 Å². The van der Waals surface area contributed by atoms with Crippen molar-refractivity contribution in [3.05, 3.63) is 60.4 Å². The molecule has 0 spiro atoms. The molecule has 1 aromatic heterocycles. The first-order chi connectivity index (χ1) is 12.5. The lowest BCUT2D eigenvalue weighted by Gasteiger charge is -2.13. The van der Waals surface area contributed by atoms with E-state index in [1.54, 1.807) is 0 Å². The quantitative estimate of drug-likeness (QED) is 0.509. The predicted octanol–water partition coefficient (Wildman–Crippen LogP) is 6.04. The molecule has 0 amide bonds. The second-order valence-electron chi connectivity index (χ2n) is 8.60. The highest BCUT2D eigenvalue weighted by Gasteiger charge is 2.33. The van der Waals surface area contributed by atoms with Gasteiger partial charge in [-0.25, -0.2) is 4.57 Å². The van der Waals surface area contributed by atoms with E-state index in [-0.39, 0.29) is 0 Å². The van der Waals surface area contributed by atoms with Crippen LogP contribution in [0.25, 0.3) is 16.7 Å². The van der Waals surface area contributed by atoms with E-state index in [1.807, 2.05) is 0 Å². The van der Waals surface area contributed by atoms with Crippen molar-refractivity contribution in [3.8, 4) is 5.69 Å². The first-order valence-corrected chi connectivity index (χ1v) is 10.2. The molecule has 0 radical (unpaired) electrons. The number of nitrogens with zero attached hydrogens (tertiary/aromatic N) is 2. The van der Waals surface area contributed by atoms with Crippen molar-refractivity contribution in [3.63, 3.8) is 0 Å². The Bertz CT molecular complexity index is 886. The first kappa shape index (κ1) is 17.3. The van der Waals surface area contributed by atoms with E-state index in [0.717, 1.165) is 11.8 Å². The molecule has 0 saturated heterocycles. The molecule has 4 rings (SSSR count). The Hall–Kier alpha value is -2.09. The molecule has 1 saturated carbocycles. The average Bonchev–Trinajstić information content (AvgIpc) is 3.27. The second kappa shape index (κ2) is 6.90. The maximum atomic E-state index is 2.54. The number of hydrogen-bond acceptors (Lipinski definition) is 0. The van der Waals surface area contributed by atoms with Crippen molar-refractivity contribution in [2.45, 2.75) is 58.9 Å². The summed E-state index contributed by atoms with van der Waals surface area (Å²) in [4.78, 5) is 0. The van der Waals surface area contributed by atoms with Gasteiger partial charge in [0.1, 0.15) is 11.7 Å². The predicted molar refractivity (Wildman–Crippen MR) is 109 cm³/mol. The molecule has 1 aliphatic carbocycles. The Labute approximate surface area is 157 Å². The van der Waals surface area contributed by atoms with Crippen molar-refractivity contribution in [1.29, 1.82) is 0 Å². The van der Waals surface area contributed by atoms with E-state index < -0.39 is 0 Å². The van der Waals surface area contributed by atoms with Gasteiger partial charge in [0.05, 0.1) is 0 Å². The topological polar surface area (TPSA) is 8.81 Å². The fraction of sp³-hybridized carbons (Fsp3) is 0.458. The smallest absolute Gasteiger partial charge is 0.227 e. The number of para-hydroxylation sites is 2. The van der Waals surface area contributed by atoms with Gasteiger partial charge in [-0.2, -0.15) is 4.57 Å². The molecule has 0 bridgehead atoms. The lowest BCUT2D eigenvalue weighted by Crippen LogP contribution is -2.37. The van der Waals surface area contributed by atoms with Crippen molar-refractivity contribution < 1.29 is 4.57 Å². The third-order valence-electron chi connectivity index (χ3n) is 6.28. The largest absolute Gasteiger partial charge is 0.250 e. The highest BCUT2D eigenvalue weighted by Crippen LogP contribution is 2.36. The van der Waals surface area contributed by atoms with Gasteiger partial charge in [-0.3, -0.25) is 0 Å². The summed E-state index contributed by atoms with van der Waals surface area (Å²) in [5.41, 5.74) is 5.31. The normalized spacial score (nSPS) is 20.5. The fourth-order valence-electron chi connectivity index (χ4n) is 4.50. The second-order valence-corrected chi connectivity index (χ2v) is 8.60. The Morgan fingerprint density at radius 3 is 2.31 bits per heavy atom. The molecule has 2 atom stereocenters. The SMILES string of the molecule is CC(C)c1ccc(-n2c[n+](C3CCC(C(C)C)C3)c3ccccc32)cc1. The van der Waals surface area contributed by atoms with Gasteiger partial charge in [0.25, 0.3) is 0 Å². The van der Waals surface area contributed by atoms with E-state index in [0.29, 0.717) is 12.0 Å². The lowest BCUT2D eigenvalue weighted by atomic mass is 9.94. The summed E-state index contributed by atoms with van der Waals surface area (Å²) < 4.78 is 4.90. The molecule has 0 aliphatic heterocycles. The van der Waals surface area contributed by atoms with E-state index in [2.05, 4.69) is 91.7 Å². The van der Waals surface area contributed by atoms with Gasteiger partial charge >= 0.3 is 0 Å². The Balaban J connectivity index is 1.75. The molecule has 2 heteroatoms. The third-order valence-corrected chi connectivity index (χ3v) is 6.28. The van der Waals surface area contributed by atoms with Crippen LogP contribution in [0.5, 0.6) is 0 Å². The molecular formula is C24H31N2+. The number of imidazole rings is 1. The number of rotatable bonds is 4. The first-order valence-electron chi connectivity index (χ1n) is 10.2. The number of fused-ring (bicyclic) bond motifs is 1. The minimum Gasteiger partial charge on any atom is -0.227 e. The van der Waals surface area contributed by atoms with Crippen molar-refractivity contribution in [1.82, 2.24) is 4.57 Å². The molecule has 1 heterocycles. The van der Waals surface area contributed by atoms with Gasteiger partial charge in [0.2, 0.25) is 6.33 Å². The maximum Gasteiger partial charge on any atom is 0.250 e. The van der Waals surface area contributed by atoms with Crippen molar-refractivity contribution in [2.24, 2.45) is 11.8 Å². The molecule has 1 aliphatic rings. The Morgan fingerprint density at radius 1 is 0.923 bits per heavy atom. The minimum absolute atomic E-state index is 0.571. The van der Waals surface area contributed by atoms with Gasteiger partial charge in [-0.05, 0) is 66.8 Å². The van der Waals surface area contributed by atoms with Crippen LogP contribution in [-0.4, -0.2) is 4.57 Å². The molecule has 3 aromatic rings. The van der Waals surface area contributed by atoms with Gasteiger partial charge < -0.3 is 0 Å². The van der Waals surface area contributed by atoms with E-state index >= 15 is 0 Å². The van der Waals surface area contributed by atoms with Crippen LogP contribution in [0.1, 0.15) is 64.5 Å². The Morgan fingerprint density at radius 2 is 1.65 bits per heavy atom. The van der Waals surface area contributed by atoms with Crippen LogP contribution in [0.15, 0.2) is 54.9 Å². The monoisotopic (exact) mass is 347 g/mol. The lowest BCUT2D eigenvalue weighted by molar-refractivity contribution is -0.698. The molecular weight excluding hydrogens is 316 g/mol. The minimum atomic E-state index is 0.571. The standard InChI is InChI=1S/C24H31N2/c1-17(2)19-9-12-21(13-10-19)25-16-26(24-8-6-5-7-23(24)25)22-14-11-20(15-22)18(3)4/h5-10,12-13,16-18,20,22H,11,14-15H2,1-4H3/q+1.